The summed E-state index contributed by atoms with van der Waals surface area (Å²) in [6.45, 7) is 5.12. The average Bonchev–Trinajstić information content (AvgIpc) is 3.06. The summed E-state index contributed by atoms with van der Waals surface area (Å²) in [6, 6.07) is 5.34. The van der Waals surface area contributed by atoms with Gasteiger partial charge >= 0.3 is 7.60 Å². The predicted octanol–water partition coefficient (Wildman–Crippen LogP) is 3.45. The van der Waals surface area contributed by atoms with Crippen LogP contribution >= 0.6 is 19.1 Å². The lowest BCUT2D eigenvalue weighted by atomic mass is 10.2. The fourth-order valence-corrected chi connectivity index (χ4v) is 4.76. The second-order valence-electron chi connectivity index (χ2n) is 5.29. The van der Waals surface area contributed by atoms with Crippen molar-refractivity contribution < 1.29 is 23.3 Å². The first kappa shape index (κ1) is 21.1. The maximum atomic E-state index is 13.3. The lowest BCUT2D eigenvalue weighted by Crippen LogP contribution is -2.29. The van der Waals surface area contributed by atoms with Gasteiger partial charge in [0.1, 0.15) is 4.88 Å². The van der Waals surface area contributed by atoms with E-state index in [9.17, 15) is 19.5 Å². The minimum Gasteiger partial charge on any atom is -0.333 e. The normalized spacial score (nSPS) is 12.6. The number of nitrogens with one attached hydrogen (secondary N) is 1. The third kappa shape index (κ3) is 4.95. The number of carbonyl (C=O) groups is 1. The minimum atomic E-state index is -3.80. The van der Waals surface area contributed by atoms with Crippen molar-refractivity contribution in [3.05, 3.63) is 50.5 Å². The van der Waals surface area contributed by atoms with Crippen LogP contribution in [0.1, 0.15) is 40.6 Å². The number of hydrogen-bond donors (Lipinski definition) is 1. The van der Waals surface area contributed by atoms with Crippen molar-refractivity contribution in [1.82, 2.24) is 14.9 Å². The summed E-state index contributed by atoms with van der Waals surface area (Å²) in [7, 11) is -3.80. The predicted molar refractivity (Wildman–Crippen MR) is 98.8 cm³/mol. The summed E-state index contributed by atoms with van der Waals surface area (Å²) < 4.78 is 27.8. The Labute approximate surface area is 159 Å². The molecule has 1 aromatic carbocycles. The fraction of sp³-hybridized carbons (Fsp3) is 0.400. The van der Waals surface area contributed by atoms with Gasteiger partial charge in [-0.05, 0) is 50.0 Å². The number of rotatable bonds is 9. The number of carbonyl (C=O) groups excluding carboxylic acids is 1. The molecule has 1 heterocycles. The lowest BCUT2D eigenvalue weighted by Gasteiger charge is -2.27. The van der Waals surface area contributed by atoms with Crippen molar-refractivity contribution >= 4 is 30.7 Å². The molecule has 0 fully saturated rings. The Morgan fingerprint density at radius 1 is 1.30 bits per heavy atom. The van der Waals surface area contributed by atoms with Crippen LogP contribution in [-0.4, -0.2) is 33.6 Å². The van der Waals surface area contributed by atoms with Crippen LogP contribution in [0.5, 0.6) is 0 Å². The van der Waals surface area contributed by atoms with Gasteiger partial charge in [0.15, 0.2) is 5.78 Å². The van der Waals surface area contributed by atoms with Gasteiger partial charge in [0.05, 0.1) is 23.8 Å². The highest BCUT2D eigenvalue weighted by Crippen LogP contribution is 2.59. The molecule has 2 aromatic rings. The Morgan fingerprint density at radius 3 is 2.33 bits per heavy atom. The highest BCUT2D eigenvalue weighted by atomic mass is 32.1. The standard InChI is InChI=1S/C15H19N4O6PS/c1-4-24-26(23,25-5-2)15(11-6-8-12(9-7-11)19(21)22)16-14(20)13-10(3)17-18-27-13/h6-9,15H,4-5H2,1-3H3,(H,16,20). The lowest BCUT2D eigenvalue weighted by molar-refractivity contribution is -0.384. The third-order valence-electron chi connectivity index (χ3n) is 3.48. The summed E-state index contributed by atoms with van der Waals surface area (Å²) >= 11 is 0.905. The molecule has 1 N–H and O–H groups in total. The number of aryl methyl sites for hydroxylation is 1. The summed E-state index contributed by atoms with van der Waals surface area (Å²) in [4.78, 5) is 23.2. The number of benzene rings is 1. The summed E-state index contributed by atoms with van der Waals surface area (Å²) in [5, 5.41) is 17.3. The van der Waals surface area contributed by atoms with E-state index in [0.29, 0.717) is 11.3 Å². The Hall–Kier alpha value is -2.20. The Bertz CT molecular complexity index is 846. The molecule has 27 heavy (non-hydrogen) atoms. The molecule has 0 spiro atoms. The van der Waals surface area contributed by atoms with E-state index < -0.39 is 24.2 Å². The molecule has 0 radical (unpaired) electrons. The molecule has 0 saturated heterocycles. The summed E-state index contributed by atoms with van der Waals surface area (Å²) in [5.41, 5.74) is 0.658. The molecule has 12 heteroatoms. The molecule has 2 rings (SSSR count). The first-order valence-electron chi connectivity index (χ1n) is 8.05. The fourth-order valence-electron chi connectivity index (χ4n) is 2.30. The average molecular weight is 414 g/mol. The number of nitro groups is 1. The van der Waals surface area contributed by atoms with Crippen molar-refractivity contribution in [2.75, 3.05) is 13.2 Å². The second-order valence-corrected chi connectivity index (χ2v) is 8.15. The van der Waals surface area contributed by atoms with Gasteiger partial charge in [-0.15, -0.1) is 5.10 Å². The van der Waals surface area contributed by atoms with E-state index in [1.54, 1.807) is 20.8 Å². The number of non-ortho nitro benzene ring substituents is 1. The monoisotopic (exact) mass is 414 g/mol. The Morgan fingerprint density at radius 2 is 1.89 bits per heavy atom. The number of hydrogen-bond acceptors (Lipinski definition) is 9. The quantitative estimate of drug-likeness (QED) is 0.375. The van der Waals surface area contributed by atoms with Crippen LogP contribution in [0.2, 0.25) is 0 Å². The zero-order chi connectivity index (χ0) is 20.0. The molecule has 0 saturated carbocycles. The minimum absolute atomic E-state index is 0.0950. The van der Waals surface area contributed by atoms with Crippen LogP contribution in [0.25, 0.3) is 0 Å². The van der Waals surface area contributed by atoms with Crippen molar-refractivity contribution in [2.24, 2.45) is 0 Å². The molecular weight excluding hydrogens is 395 g/mol. The largest absolute Gasteiger partial charge is 0.357 e. The zero-order valence-electron chi connectivity index (χ0n) is 14.9. The van der Waals surface area contributed by atoms with Crippen LogP contribution in [0, 0.1) is 17.0 Å². The molecule has 1 aromatic heterocycles. The van der Waals surface area contributed by atoms with Crippen molar-refractivity contribution in [1.29, 1.82) is 0 Å². The second kappa shape index (κ2) is 9.14. The molecule has 1 amide bonds. The molecule has 1 unspecified atom stereocenters. The van der Waals surface area contributed by atoms with Crippen LogP contribution in [-0.2, 0) is 13.6 Å². The van der Waals surface area contributed by atoms with Crippen molar-refractivity contribution in [3.63, 3.8) is 0 Å². The molecular formula is C15H19N4O6PS. The molecule has 0 bridgehead atoms. The van der Waals surface area contributed by atoms with E-state index in [2.05, 4.69) is 14.9 Å². The molecule has 0 aliphatic carbocycles. The van der Waals surface area contributed by atoms with Gasteiger partial charge in [-0.25, -0.2) is 0 Å². The number of amides is 1. The van der Waals surface area contributed by atoms with Gasteiger partial charge in [-0.1, -0.05) is 4.49 Å². The van der Waals surface area contributed by atoms with Crippen LogP contribution in [0.15, 0.2) is 24.3 Å². The molecule has 146 valence electrons. The van der Waals surface area contributed by atoms with Gasteiger partial charge in [0, 0.05) is 12.1 Å². The van der Waals surface area contributed by atoms with Gasteiger partial charge in [0.2, 0.25) is 0 Å². The first-order valence-corrected chi connectivity index (χ1v) is 10.4. The van der Waals surface area contributed by atoms with Crippen LogP contribution in [0.3, 0.4) is 0 Å². The topological polar surface area (TPSA) is 134 Å². The molecule has 0 aliphatic rings. The van der Waals surface area contributed by atoms with E-state index in [1.807, 2.05) is 0 Å². The maximum Gasteiger partial charge on any atom is 0.357 e. The first-order chi connectivity index (χ1) is 12.8. The molecule has 0 aliphatic heterocycles. The van der Waals surface area contributed by atoms with Gasteiger partial charge < -0.3 is 14.4 Å². The van der Waals surface area contributed by atoms with Crippen molar-refractivity contribution in [2.45, 2.75) is 26.6 Å². The summed E-state index contributed by atoms with van der Waals surface area (Å²) in [5.74, 6) is -1.68. The zero-order valence-corrected chi connectivity index (χ0v) is 16.7. The third-order valence-corrected chi connectivity index (χ3v) is 6.60. The van der Waals surface area contributed by atoms with Gasteiger partial charge in [0.25, 0.3) is 11.6 Å². The van der Waals surface area contributed by atoms with E-state index in [1.165, 1.54) is 24.3 Å². The Kier molecular flexibility index (Phi) is 7.14. The highest BCUT2D eigenvalue weighted by molar-refractivity contribution is 7.54. The number of nitrogens with zero attached hydrogens (tertiary/aromatic N) is 3. The van der Waals surface area contributed by atoms with Crippen LogP contribution < -0.4 is 5.32 Å². The van der Waals surface area contributed by atoms with E-state index in [0.717, 1.165) is 11.5 Å². The Balaban J connectivity index is 2.44. The SMILES string of the molecule is CCOP(=O)(OCC)C(NC(=O)c1snnc1C)c1ccc([N+](=O)[O-])cc1. The smallest absolute Gasteiger partial charge is 0.333 e. The number of aromatic nitrogens is 2. The summed E-state index contributed by atoms with van der Waals surface area (Å²) in [6.07, 6.45) is 0. The maximum absolute atomic E-state index is 13.3. The highest BCUT2D eigenvalue weighted by Gasteiger charge is 2.39. The van der Waals surface area contributed by atoms with Gasteiger partial charge in [-0.3, -0.25) is 19.5 Å². The molecule has 1 atom stereocenters. The molecule has 10 nitrogen and oxygen atoms in total. The van der Waals surface area contributed by atoms with Gasteiger partial charge in [-0.2, -0.15) is 0 Å². The van der Waals surface area contributed by atoms with Crippen molar-refractivity contribution in [3.8, 4) is 0 Å². The van der Waals surface area contributed by atoms with E-state index in [4.69, 9.17) is 9.05 Å². The van der Waals surface area contributed by atoms with E-state index in [-0.39, 0.29) is 23.8 Å². The van der Waals surface area contributed by atoms with Crippen LogP contribution in [0.4, 0.5) is 5.69 Å². The van der Waals surface area contributed by atoms with E-state index >= 15 is 0 Å². The number of nitro benzene ring substituents is 1.